The minimum atomic E-state index is -0.342. The third kappa shape index (κ3) is 5.90. The summed E-state index contributed by atoms with van der Waals surface area (Å²) in [4.78, 5) is 34.0. The fraction of sp³-hybridized carbons (Fsp3) is 0.370. The van der Waals surface area contributed by atoms with Crippen LogP contribution in [0.25, 0.3) is 10.9 Å². The van der Waals surface area contributed by atoms with E-state index in [1.54, 1.807) is 30.3 Å². The number of thioether (sulfide) groups is 1. The predicted octanol–water partition coefficient (Wildman–Crippen LogP) is 4.37. The fourth-order valence-corrected chi connectivity index (χ4v) is 5.60. The van der Waals surface area contributed by atoms with Crippen LogP contribution in [0.15, 0.2) is 59.6 Å². The lowest BCUT2D eigenvalue weighted by atomic mass is 10.0. The molecule has 3 aromatic rings. The van der Waals surface area contributed by atoms with Crippen molar-refractivity contribution in [3.05, 3.63) is 60.5 Å². The first-order valence-corrected chi connectivity index (χ1v) is 13.2. The molecule has 1 unspecified atom stereocenters. The third-order valence-electron chi connectivity index (χ3n) is 6.67. The number of methoxy groups -OCH3 is 1. The van der Waals surface area contributed by atoms with E-state index >= 15 is 0 Å². The van der Waals surface area contributed by atoms with E-state index < -0.39 is 0 Å². The molecule has 37 heavy (non-hydrogen) atoms. The molecule has 2 aromatic carbocycles. The molecule has 10 heteroatoms. The number of halogens is 1. The molecule has 1 atom stereocenters. The molecule has 1 aromatic heterocycles. The van der Waals surface area contributed by atoms with E-state index in [1.807, 2.05) is 29.2 Å². The van der Waals surface area contributed by atoms with E-state index in [9.17, 15) is 14.0 Å². The predicted molar refractivity (Wildman–Crippen MR) is 137 cm³/mol. The van der Waals surface area contributed by atoms with Crippen LogP contribution in [0.3, 0.4) is 0 Å². The van der Waals surface area contributed by atoms with Crippen molar-refractivity contribution in [2.75, 3.05) is 39.1 Å². The molecular weight excluding hydrogens is 497 g/mol. The van der Waals surface area contributed by atoms with E-state index in [4.69, 9.17) is 14.2 Å². The lowest BCUT2D eigenvalue weighted by Gasteiger charge is -2.35. The zero-order valence-corrected chi connectivity index (χ0v) is 21.3. The topological polar surface area (TPSA) is 81.2 Å². The molecule has 2 aliphatic heterocycles. The number of nitrogens with zero attached hydrogens (tertiary/aromatic N) is 3. The molecule has 0 saturated carbocycles. The van der Waals surface area contributed by atoms with Crippen molar-refractivity contribution < 1.29 is 28.2 Å². The number of benzene rings is 2. The molecule has 2 saturated heterocycles. The van der Waals surface area contributed by atoms with Gasteiger partial charge in [0, 0.05) is 35.6 Å². The molecule has 0 aliphatic carbocycles. The highest BCUT2D eigenvalue weighted by Crippen LogP contribution is 2.29. The third-order valence-corrected chi connectivity index (χ3v) is 7.73. The zero-order valence-electron chi connectivity index (χ0n) is 20.5. The molecule has 0 bridgehead atoms. The zero-order chi connectivity index (χ0) is 25.8. The summed E-state index contributed by atoms with van der Waals surface area (Å²) in [6.07, 6.45) is 2.39. The summed E-state index contributed by atoms with van der Waals surface area (Å²) in [7, 11) is 1.61. The molecule has 5 rings (SSSR count). The fourth-order valence-electron chi connectivity index (χ4n) is 4.66. The molecule has 2 amide bonds. The van der Waals surface area contributed by atoms with Crippen molar-refractivity contribution in [3.63, 3.8) is 0 Å². The van der Waals surface area contributed by atoms with Crippen molar-refractivity contribution in [2.45, 2.75) is 29.9 Å². The lowest BCUT2D eigenvalue weighted by Crippen LogP contribution is -2.47. The first-order valence-electron chi connectivity index (χ1n) is 12.2. The second-order valence-corrected chi connectivity index (χ2v) is 10.0. The number of rotatable bonds is 8. The van der Waals surface area contributed by atoms with Crippen LogP contribution in [0.1, 0.15) is 12.8 Å². The molecular formula is C27H28FN3O5S. The Balaban J connectivity index is 1.08. The van der Waals surface area contributed by atoms with Crippen LogP contribution >= 0.6 is 11.8 Å². The number of amides is 2. The number of carbonyl (C=O) groups is 2. The highest BCUT2D eigenvalue weighted by molar-refractivity contribution is 8.00. The molecule has 2 aliphatic rings. The van der Waals surface area contributed by atoms with Gasteiger partial charge in [-0.2, -0.15) is 0 Å². The minimum absolute atomic E-state index is 0.0274. The van der Waals surface area contributed by atoms with Gasteiger partial charge in [0.05, 0.1) is 24.9 Å². The van der Waals surface area contributed by atoms with Crippen LogP contribution in [0, 0.1) is 5.82 Å². The average Bonchev–Trinajstić information content (AvgIpc) is 3.31. The highest BCUT2D eigenvalue weighted by atomic mass is 32.2. The van der Waals surface area contributed by atoms with Gasteiger partial charge in [0.25, 0.3) is 0 Å². The van der Waals surface area contributed by atoms with Crippen LogP contribution in [0.5, 0.6) is 11.5 Å². The number of piperidine rings is 1. The van der Waals surface area contributed by atoms with Crippen LogP contribution in [-0.4, -0.2) is 78.0 Å². The Morgan fingerprint density at radius 2 is 1.89 bits per heavy atom. The van der Waals surface area contributed by atoms with Gasteiger partial charge >= 0.3 is 6.09 Å². The van der Waals surface area contributed by atoms with Gasteiger partial charge in [0.15, 0.2) is 6.10 Å². The van der Waals surface area contributed by atoms with Crippen molar-refractivity contribution in [3.8, 4) is 11.5 Å². The van der Waals surface area contributed by atoms with Gasteiger partial charge < -0.3 is 24.0 Å². The Bertz CT molecular complexity index is 1270. The number of fused-ring (bicyclic) bond motifs is 1. The average molecular weight is 526 g/mol. The van der Waals surface area contributed by atoms with Gasteiger partial charge in [-0.1, -0.05) is 0 Å². The maximum atomic E-state index is 13.7. The summed E-state index contributed by atoms with van der Waals surface area (Å²) < 4.78 is 30.2. The number of hydrogen-bond donors (Lipinski definition) is 0. The molecule has 0 spiro atoms. The first-order chi connectivity index (χ1) is 18.0. The van der Waals surface area contributed by atoms with Crippen LogP contribution in [0.4, 0.5) is 9.18 Å². The van der Waals surface area contributed by atoms with E-state index in [-0.39, 0.29) is 42.3 Å². The number of pyridine rings is 1. The van der Waals surface area contributed by atoms with Gasteiger partial charge in [0.2, 0.25) is 5.91 Å². The summed E-state index contributed by atoms with van der Waals surface area (Å²) in [6.45, 7) is 1.89. The maximum absolute atomic E-state index is 13.7. The minimum Gasteiger partial charge on any atom is -0.497 e. The van der Waals surface area contributed by atoms with Crippen LogP contribution < -0.4 is 9.47 Å². The van der Waals surface area contributed by atoms with Gasteiger partial charge in [-0.05, 0) is 61.4 Å². The standard InChI is InChI=1S/C27H28FN3O5S/c1-34-20-3-5-21(6-4-20)35-16-22-15-31(27(33)36-22)19-9-12-30(13-10-19)26(32)17-37-25-8-11-29-24-7-2-18(28)14-23(24)25/h2-8,11,14,19,22H,9-10,12-13,15-17H2,1H3. The molecule has 0 N–H and O–H groups in total. The SMILES string of the molecule is COc1ccc(OCC2CN(C3CCN(C(=O)CSc4ccnc5ccc(F)cc45)CC3)C(=O)O2)cc1. The number of ether oxygens (including phenoxy) is 3. The largest absolute Gasteiger partial charge is 0.497 e. The Morgan fingerprint density at radius 3 is 2.65 bits per heavy atom. The van der Waals surface area contributed by atoms with Crippen molar-refractivity contribution in [1.29, 1.82) is 0 Å². The number of cyclic esters (lactones) is 1. The number of hydrogen-bond acceptors (Lipinski definition) is 7. The smallest absolute Gasteiger partial charge is 0.410 e. The maximum Gasteiger partial charge on any atom is 0.410 e. The van der Waals surface area contributed by atoms with Crippen LogP contribution in [-0.2, 0) is 9.53 Å². The first kappa shape index (κ1) is 25.1. The number of aromatic nitrogens is 1. The van der Waals surface area contributed by atoms with E-state index in [0.29, 0.717) is 49.1 Å². The Morgan fingerprint density at radius 1 is 1.14 bits per heavy atom. The second-order valence-electron chi connectivity index (χ2n) is 9.02. The monoisotopic (exact) mass is 525 g/mol. The van der Waals surface area contributed by atoms with Gasteiger partial charge in [0.1, 0.15) is 23.9 Å². The number of likely N-dealkylation sites (tertiary alicyclic amines) is 1. The van der Waals surface area contributed by atoms with Crippen molar-refractivity contribution in [2.24, 2.45) is 0 Å². The van der Waals surface area contributed by atoms with Crippen molar-refractivity contribution in [1.82, 2.24) is 14.8 Å². The molecule has 8 nitrogen and oxygen atoms in total. The molecule has 0 radical (unpaired) electrons. The van der Waals surface area contributed by atoms with Gasteiger partial charge in [-0.15, -0.1) is 11.8 Å². The highest BCUT2D eigenvalue weighted by Gasteiger charge is 2.38. The molecule has 2 fully saturated rings. The summed E-state index contributed by atoms with van der Waals surface area (Å²) in [5.41, 5.74) is 0.699. The summed E-state index contributed by atoms with van der Waals surface area (Å²) in [5.74, 6) is 1.39. The van der Waals surface area contributed by atoms with Crippen molar-refractivity contribution >= 4 is 34.7 Å². The Kier molecular flexibility index (Phi) is 7.64. The summed E-state index contributed by atoms with van der Waals surface area (Å²) in [6, 6.07) is 13.6. The van der Waals surface area contributed by atoms with Gasteiger partial charge in [-0.3, -0.25) is 9.78 Å². The normalized spacial score (nSPS) is 18.2. The van der Waals surface area contributed by atoms with E-state index in [2.05, 4.69) is 4.98 Å². The number of carbonyl (C=O) groups excluding carboxylic acids is 2. The Hall–Kier alpha value is -3.53. The summed E-state index contributed by atoms with van der Waals surface area (Å²) in [5, 5.41) is 0.706. The quantitative estimate of drug-likeness (QED) is 0.404. The van der Waals surface area contributed by atoms with Gasteiger partial charge in [-0.25, -0.2) is 9.18 Å². The Labute approximate surface area is 218 Å². The van der Waals surface area contributed by atoms with E-state index in [0.717, 1.165) is 10.6 Å². The molecule has 3 heterocycles. The lowest BCUT2D eigenvalue weighted by molar-refractivity contribution is -0.129. The second kappa shape index (κ2) is 11.2. The molecule has 194 valence electrons. The summed E-state index contributed by atoms with van der Waals surface area (Å²) >= 11 is 1.39. The van der Waals surface area contributed by atoms with Crippen LogP contribution in [0.2, 0.25) is 0 Å². The van der Waals surface area contributed by atoms with E-state index in [1.165, 1.54) is 23.9 Å².